The van der Waals surface area contributed by atoms with Crippen molar-refractivity contribution < 1.29 is 4.79 Å². The fraction of sp³-hybridized carbons (Fsp3) is 0.125. The molecule has 0 aliphatic rings. The maximum absolute atomic E-state index is 10.5. The van der Waals surface area contributed by atoms with E-state index in [0.29, 0.717) is 10.6 Å². The first-order chi connectivity index (χ1) is 5.69. The van der Waals surface area contributed by atoms with Crippen LogP contribution in [-0.4, -0.2) is 13.3 Å². The van der Waals surface area contributed by atoms with Crippen molar-refractivity contribution in [3.63, 3.8) is 0 Å². The van der Waals surface area contributed by atoms with Crippen molar-refractivity contribution in [1.82, 2.24) is 0 Å². The third-order valence-electron chi connectivity index (χ3n) is 1.48. The van der Waals surface area contributed by atoms with E-state index in [0.717, 1.165) is 16.4 Å². The van der Waals surface area contributed by atoms with Crippen LogP contribution in [0.3, 0.4) is 0 Å². The number of hydrogen-bond acceptors (Lipinski definition) is 2. The van der Waals surface area contributed by atoms with Gasteiger partial charge in [0, 0.05) is 22.8 Å². The molecule has 1 aromatic carbocycles. The summed E-state index contributed by atoms with van der Waals surface area (Å²) in [5.41, 5.74) is 1.35. The van der Waals surface area contributed by atoms with Gasteiger partial charge in [-0.05, 0) is 28.1 Å². The lowest BCUT2D eigenvalue weighted by Gasteiger charge is -2.05. The fourth-order valence-electron chi connectivity index (χ4n) is 0.844. The molecular formula is C8H7BrClNO. The Balaban J connectivity index is 3.25. The van der Waals surface area contributed by atoms with Gasteiger partial charge in [-0.1, -0.05) is 11.6 Å². The molecule has 0 aromatic heterocycles. The second-order valence-electron chi connectivity index (χ2n) is 2.22. The Kier molecular flexibility index (Phi) is 3.12. The summed E-state index contributed by atoms with van der Waals surface area (Å²) in [6, 6.07) is 3.39. The molecule has 0 atom stereocenters. The zero-order valence-electron chi connectivity index (χ0n) is 6.40. The predicted molar refractivity (Wildman–Crippen MR) is 54.1 cm³/mol. The van der Waals surface area contributed by atoms with Crippen molar-refractivity contribution in [2.24, 2.45) is 0 Å². The Morgan fingerprint density at radius 3 is 2.75 bits per heavy atom. The Morgan fingerprint density at radius 1 is 1.58 bits per heavy atom. The molecule has 1 N–H and O–H groups in total. The van der Waals surface area contributed by atoms with Crippen LogP contribution in [0.15, 0.2) is 16.6 Å². The number of halogens is 2. The van der Waals surface area contributed by atoms with E-state index in [1.54, 1.807) is 19.2 Å². The summed E-state index contributed by atoms with van der Waals surface area (Å²) in [5, 5.41) is 3.40. The van der Waals surface area contributed by atoms with Crippen LogP contribution in [0.4, 0.5) is 5.69 Å². The summed E-state index contributed by atoms with van der Waals surface area (Å²) >= 11 is 9.09. The molecular weight excluding hydrogens is 241 g/mol. The SMILES string of the molecule is CNc1cc(Cl)c(C=O)cc1Br. The minimum atomic E-state index is 0.456. The highest BCUT2D eigenvalue weighted by Gasteiger charge is 2.04. The van der Waals surface area contributed by atoms with Gasteiger partial charge in [-0.2, -0.15) is 0 Å². The van der Waals surface area contributed by atoms with Gasteiger partial charge >= 0.3 is 0 Å². The molecule has 0 unspecified atom stereocenters. The van der Waals surface area contributed by atoms with Gasteiger partial charge in [-0.3, -0.25) is 4.79 Å². The Labute approximate surface area is 84.0 Å². The van der Waals surface area contributed by atoms with Gasteiger partial charge < -0.3 is 5.32 Å². The molecule has 0 spiro atoms. The van der Waals surface area contributed by atoms with E-state index in [2.05, 4.69) is 21.2 Å². The van der Waals surface area contributed by atoms with E-state index in [1.807, 2.05) is 0 Å². The topological polar surface area (TPSA) is 29.1 Å². The summed E-state index contributed by atoms with van der Waals surface area (Å²) in [6.45, 7) is 0. The first-order valence-electron chi connectivity index (χ1n) is 3.31. The molecule has 0 saturated heterocycles. The van der Waals surface area contributed by atoms with Crippen LogP contribution < -0.4 is 5.32 Å². The summed E-state index contributed by atoms with van der Waals surface area (Å²) < 4.78 is 0.830. The molecule has 64 valence electrons. The van der Waals surface area contributed by atoms with E-state index in [9.17, 15) is 4.79 Å². The standard InChI is InChI=1S/C8H7BrClNO/c1-11-8-3-7(10)5(4-12)2-6(8)9/h2-4,11H,1H3. The molecule has 12 heavy (non-hydrogen) atoms. The maximum Gasteiger partial charge on any atom is 0.151 e. The summed E-state index contributed by atoms with van der Waals surface area (Å²) in [4.78, 5) is 10.5. The number of anilines is 1. The molecule has 4 heteroatoms. The lowest BCUT2D eigenvalue weighted by Crippen LogP contribution is -1.91. The number of carbonyl (C=O) groups is 1. The molecule has 0 fully saturated rings. The Bertz CT molecular complexity index is 314. The monoisotopic (exact) mass is 247 g/mol. The summed E-state index contributed by atoms with van der Waals surface area (Å²) in [5.74, 6) is 0. The normalized spacial score (nSPS) is 9.58. The van der Waals surface area contributed by atoms with Gasteiger partial charge in [-0.25, -0.2) is 0 Å². The molecule has 0 heterocycles. The van der Waals surface area contributed by atoms with Crippen LogP contribution in [0, 0.1) is 0 Å². The minimum absolute atomic E-state index is 0.456. The molecule has 1 rings (SSSR count). The van der Waals surface area contributed by atoms with Crippen LogP contribution in [0.1, 0.15) is 10.4 Å². The van der Waals surface area contributed by atoms with Gasteiger partial charge in [0.25, 0.3) is 0 Å². The largest absolute Gasteiger partial charge is 0.387 e. The molecule has 0 bridgehead atoms. The number of nitrogens with one attached hydrogen (secondary N) is 1. The third kappa shape index (κ3) is 1.79. The second kappa shape index (κ2) is 3.92. The second-order valence-corrected chi connectivity index (χ2v) is 3.48. The van der Waals surface area contributed by atoms with Crippen molar-refractivity contribution in [2.75, 3.05) is 12.4 Å². The zero-order valence-corrected chi connectivity index (χ0v) is 8.74. The van der Waals surface area contributed by atoms with E-state index in [-0.39, 0.29) is 0 Å². The summed E-state index contributed by atoms with van der Waals surface area (Å²) in [6.07, 6.45) is 0.729. The van der Waals surface area contributed by atoms with Gasteiger partial charge in [0.2, 0.25) is 0 Å². The lowest BCUT2D eigenvalue weighted by atomic mass is 10.2. The number of rotatable bonds is 2. The molecule has 0 aliphatic heterocycles. The van der Waals surface area contributed by atoms with Crippen molar-refractivity contribution in [3.8, 4) is 0 Å². The molecule has 0 amide bonds. The Morgan fingerprint density at radius 2 is 2.25 bits per heavy atom. The highest BCUT2D eigenvalue weighted by atomic mass is 79.9. The zero-order chi connectivity index (χ0) is 9.14. The van der Waals surface area contributed by atoms with E-state index < -0.39 is 0 Å². The lowest BCUT2D eigenvalue weighted by molar-refractivity contribution is 0.112. The fourth-order valence-corrected chi connectivity index (χ4v) is 1.61. The Hall–Kier alpha value is -0.540. The highest BCUT2D eigenvalue weighted by Crippen LogP contribution is 2.28. The molecule has 2 nitrogen and oxygen atoms in total. The number of hydrogen-bond donors (Lipinski definition) is 1. The van der Waals surface area contributed by atoms with Crippen molar-refractivity contribution in [1.29, 1.82) is 0 Å². The van der Waals surface area contributed by atoms with Gasteiger partial charge in [0.1, 0.15) is 0 Å². The molecule has 1 aromatic rings. The molecule has 0 saturated carbocycles. The van der Waals surface area contributed by atoms with Crippen molar-refractivity contribution in [3.05, 3.63) is 27.2 Å². The maximum atomic E-state index is 10.5. The summed E-state index contributed by atoms with van der Waals surface area (Å²) in [7, 11) is 1.79. The van der Waals surface area contributed by atoms with Gasteiger partial charge in [-0.15, -0.1) is 0 Å². The van der Waals surface area contributed by atoms with E-state index >= 15 is 0 Å². The van der Waals surface area contributed by atoms with Crippen LogP contribution in [-0.2, 0) is 0 Å². The van der Waals surface area contributed by atoms with E-state index in [1.165, 1.54) is 0 Å². The predicted octanol–water partition coefficient (Wildman–Crippen LogP) is 2.96. The average Bonchev–Trinajstić information content (AvgIpc) is 2.08. The van der Waals surface area contributed by atoms with Crippen molar-refractivity contribution >= 4 is 39.5 Å². The quantitative estimate of drug-likeness (QED) is 0.815. The van der Waals surface area contributed by atoms with Crippen LogP contribution >= 0.6 is 27.5 Å². The average molecular weight is 249 g/mol. The van der Waals surface area contributed by atoms with Gasteiger partial charge in [0.05, 0.1) is 5.02 Å². The van der Waals surface area contributed by atoms with Crippen LogP contribution in [0.25, 0.3) is 0 Å². The number of carbonyl (C=O) groups excluding carboxylic acids is 1. The number of aldehydes is 1. The first kappa shape index (κ1) is 9.55. The minimum Gasteiger partial charge on any atom is -0.387 e. The van der Waals surface area contributed by atoms with E-state index in [4.69, 9.17) is 11.6 Å². The number of benzene rings is 1. The third-order valence-corrected chi connectivity index (χ3v) is 2.47. The van der Waals surface area contributed by atoms with Crippen LogP contribution in [0.5, 0.6) is 0 Å². The first-order valence-corrected chi connectivity index (χ1v) is 4.48. The van der Waals surface area contributed by atoms with Crippen LogP contribution in [0.2, 0.25) is 5.02 Å². The van der Waals surface area contributed by atoms with Gasteiger partial charge in [0.15, 0.2) is 6.29 Å². The highest BCUT2D eigenvalue weighted by molar-refractivity contribution is 9.10. The molecule has 0 radical (unpaired) electrons. The smallest absolute Gasteiger partial charge is 0.151 e. The molecule has 0 aliphatic carbocycles. The van der Waals surface area contributed by atoms with Crippen molar-refractivity contribution in [2.45, 2.75) is 0 Å².